The number of anilines is 1. The van der Waals surface area contributed by atoms with Crippen molar-refractivity contribution in [2.75, 3.05) is 57.4 Å². The minimum absolute atomic E-state index is 0.0333. The lowest BCUT2D eigenvalue weighted by Gasteiger charge is -2.39. The first-order valence-corrected chi connectivity index (χ1v) is 16.6. The summed E-state index contributed by atoms with van der Waals surface area (Å²) in [5.74, 6) is -0.623. The topological polar surface area (TPSA) is 172 Å². The van der Waals surface area contributed by atoms with Crippen LogP contribution in [0.1, 0.15) is 50.2 Å². The van der Waals surface area contributed by atoms with E-state index in [0.29, 0.717) is 32.2 Å². The van der Waals surface area contributed by atoms with Gasteiger partial charge in [-0.25, -0.2) is 18.7 Å². The van der Waals surface area contributed by atoms with Crippen LogP contribution in [-0.4, -0.2) is 123 Å². The van der Waals surface area contributed by atoms with E-state index in [1.165, 1.54) is 4.90 Å². The highest BCUT2D eigenvalue weighted by Gasteiger charge is 2.33. The minimum atomic E-state index is -1.70. The highest BCUT2D eigenvalue weighted by molar-refractivity contribution is 5.79. The molecule has 1 aromatic carbocycles. The summed E-state index contributed by atoms with van der Waals surface area (Å²) in [6.45, 7) is 4.52. The molecule has 47 heavy (non-hydrogen) atoms. The smallest absolute Gasteiger partial charge is 0.227 e. The second-order valence-electron chi connectivity index (χ2n) is 12.7. The molecule has 1 amide bonds. The summed E-state index contributed by atoms with van der Waals surface area (Å²) in [5, 5.41) is 50.7. The molecule has 14 heteroatoms. The van der Waals surface area contributed by atoms with Crippen molar-refractivity contribution in [2.45, 2.75) is 76.3 Å². The van der Waals surface area contributed by atoms with Crippen molar-refractivity contribution in [3.05, 3.63) is 47.3 Å². The number of halogens is 2. The van der Waals surface area contributed by atoms with Crippen LogP contribution in [0.2, 0.25) is 0 Å². The van der Waals surface area contributed by atoms with Crippen LogP contribution in [0.25, 0.3) is 0 Å². The third kappa shape index (κ3) is 10.5. The Balaban J connectivity index is 1.11. The highest BCUT2D eigenvalue weighted by atomic mass is 19.1. The van der Waals surface area contributed by atoms with Gasteiger partial charge >= 0.3 is 0 Å². The van der Waals surface area contributed by atoms with Gasteiger partial charge in [-0.2, -0.15) is 0 Å². The molecule has 2 saturated heterocycles. The van der Waals surface area contributed by atoms with Crippen molar-refractivity contribution >= 4 is 11.9 Å². The van der Waals surface area contributed by atoms with E-state index in [0.717, 1.165) is 75.3 Å². The van der Waals surface area contributed by atoms with E-state index in [1.54, 1.807) is 0 Å². The molecule has 0 saturated carbocycles. The summed E-state index contributed by atoms with van der Waals surface area (Å²) in [6, 6.07) is 2.24. The predicted molar refractivity (Wildman–Crippen MR) is 170 cm³/mol. The molecular formula is C33H49F2N5O7. The standard InChI is InChI=1S/C33H49F2N5O7/c1-2-4-22-15-37-33(38-16-22)39-8-6-21(7-9-39)5-3-10-47-24-11-26(34)25(27(35)12-24)13-30(44)40-18-23(19-40)14-36-17-28(42)31(45)32(46)29(43)20-41/h11-12,15-16,21,23,28-29,31-32,36,41-43,45-46H,2-10,13-14,17-20H2,1H3/t28-,29+,31+,32+/m0/s1. The quantitative estimate of drug-likeness (QED) is 0.125. The average Bonchev–Trinajstić information content (AvgIpc) is 3.05. The maximum atomic E-state index is 14.8. The Morgan fingerprint density at radius 2 is 1.66 bits per heavy atom. The molecule has 2 aromatic rings. The van der Waals surface area contributed by atoms with Crippen molar-refractivity contribution in [2.24, 2.45) is 11.8 Å². The maximum Gasteiger partial charge on any atom is 0.227 e. The van der Waals surface area contributed by atoms with Crippen LogP contribution in [0, 0.1) is 23.5 Å². The summed E-state index contributed by atoms with van der Waals surface area (Å²) in [7, 11) is 0. The second kappa shape index (κ2) is 17.9. The Labute approximate surface area is 274 Å². The SMILES string of the molecule is CCCc1cnc(N2CCC(CCCOc3cc(F)c(CC(=O)N4CC(CNC[C@H](O)[C@@H](O)[C@H](O)[C@H](O)CO)C4)c(F)c3)CC2)nc1. The third-order valence-corrected chi connectivity index (χ3v) is 9.02. The summed E-state index contributed by atoms with van der Waals surface area (Å²) in [5.41, 5.74) is 0.845. The number of aryl methyl sites for hydroxylation is 1. The molecule has 262 valence electrons. The zero-order valence-electron chi connectivity index (χ0n) is 27.0. The Kier molecular flexibility index (Phi) is 14.1. The number of nitrogens with zero attached hydrogens (tertiary/aromatic N) is 4. The van der Waals surface area contributed by atoms with E-state index in [1.807, 2.05) is 12.4 Å². The van der Waals surface area contributed by atoms with Gasteiger partial charge in [0.1, 0.15) is 35.7 Å². The predicted octanol–water partition coefficient (Wildman–Crippen LogP) is 0.809. The summed E-state index contributed by atoms with van der Waals surface area (Å²) in [4.78, 5) is 25.4. The van der Waals surface area contributed by atoms with E-state index in [4.69, 9.17) is 9.84 Å². The normalized spacial score (nSPS) is 18.5. The number of aliphatic hydroxyl groups excluding tert-OH is 5. The second-order valence-corrected chi connectivity index (χ2v) is 12.7. The number of carbonyl (C=O) groups excluding carboxylic acids is 1. The molecule has 0 unspecified atom stereocenters. The number of likely N-dealkylation sites (tertiary alicyclic amines) is 1. The number of hydrogen-bond donors (Lipinski definition) is 6. The lowest BCUT2D eigenvalue weighted by Crippen LogP contribution is -2.55. The molecule has 2 aliphatic rings. The van der Waals surface area contributed by atoms with Gasteiger partial charge < -0.3 is 45.4 Å². The fourth-order valence-corrected chi connectivity index (χ4v) is 6.03. The summed E-state index contributed by atoms with van der Waals surface area (Å²) < 4.78 is 35.3. The zero-order chi connectivity index (χ0) is 33.9. The molecule has 6 N–H and O–H groups in total. The molecule has 4 rings (SSSR count). The number of hydrogen-bond acceptors (Lipinski definition) is 11. The number of aliphatic hydroxyl groups is 5. The Hall–Kier alpha value is -3.01. The summed E-state index contributed by atoms with van der Waals surface area (Å²) >= 11 is 0. The molecule has 1 aromatic heterocycles. The fourth-order valence-electron chi connectivity index (χ4n) is 6.03. The van der Waals surface area contributed by atoms with Crippen LogP contribution in [0.4, 0.5) is 14.7 Å². The number of aromatic nitrogens is 2. The first-order chi connectivity index (χ1) is 22.6. The highest BCUT2D eigenvalue weighted by Crippen LogP contribution is 2.26. The molecule has 0 spiro atoms. The molecule has 2 fully saturated rings. The largest absolute Gasteiger partial charge is 0.493 e. The number of piperidine rings is 1. The molecule has 2 aliphatic heterocycles. The zero-order valence-corrected chi connectivity index (χ0v) is 27.0. The Morgan fingerprint density at radius 1 is 1.02 bits per heavy atom. The van der Waals surface area contributed by atoms with E-state index in [-0.39, 0.29) is 23.8 Å². The van der Waals surface area contributed by atoms with E-state index >= 15 is 0 Å². The van der Waals surface area contributed by atoms with E-state index in [2.05, 4.69) is 27.1 Å². The van der Waals surface area contributed by atoms with Gasteiger partial charge in [-0.3, -0.25) is 4.79 Å². The number of nitrogens with one attached hydrogen (secondary N) is 1. The van der Waals surface area contributed by atoms with Crippen molar-refractivity contribution in [1.29, 1.82) is 0 Å². The van der Waals surface area contributed by atoms with E-state index < -0.39 is 55.0 Å². The number of carbonyl (C=O) groups is 1. The maximum absolute atomic E-state index is 14.8. The van der Waals surface area contributed by atoms with Crippen molar-refractivity contribution in [3.8, 4) is 5.75 Å². The average molecular weight is 666 g/mol. The lowest BCUT2D eigenvalue weighted by atomic mass is 9.92. The monoisotopic (exact) mass is 665 g/mol. The van der Waals surface area contributed by atoms with Gasteiger partial charge in [0, 0.05) is 75.3 Å². The van der Waals surface area contributed by atoms with Crippen LogP contribution >= 0.6 is 0 Å². The number of ether oxygens (including phenoxy) is 1. The van der Waals surface area contributed by atoms with Crippen molar-refractivity contribution in [1.82, 2.24) is 20.2 Å². The molecule has 0 bridgehead atoms. The molecule has 4 atom stereocenters. The van der Waals surface area contributed by atoms with Gasteiger partial charge in [0.2, 0.25) is 11.9 Å². The number of rotatable bonds is 18. The lowest BCUT2D eigenvalue weighted by molar-refractivity contribution is -0.136. The number of amides is 1. The van der Waals surface area contributed by atoms with Gasteiger partial charge in [-0.1, -0.05) is 13.3 Å². The van der Waals surface area contributed by atoms with Gasteiger partial charge in [0.25, 0.3) is 0 Å². The molecular weight excluding hydrogens is 616 g/mol. The third-order valence-electron chi connectivity index (χ3n) is 9.02. The van der Waals surface area contributed by atoms with Crippen molar-refractivity contribution < 1.29 is 43.8 Å². The minimum Gasteiger partial charge on any atom is -0.493 e. The van der Waals surface area contributed by atoms with Crippen LogP contribution in [0.3, 0.4) is 0 Å². The molecule has 0 radical (unpaired) electrons. The van der Waals surface area contributed by atoms with E-state index in [9.17, 15) is 34.0 Å². The van der Waals surface area contributed by atoms with Crippen LogP contribution < -0.4 is 15.0 Å². The molecule has 0 aliphatic carbocycles. The molecule has 12 nitrogen and oxygen atoms in total. The van der Waals surface area contributed by atoms with Crippen LogP contribution in [0.5, 0.6) is 5.75 Å². The van der Waals surface area contributed by atoms with Crippen molar-refractivity contribution in [3.63, 3.8) is 0 Å². The van der Waals surface area contributed by atoms with Gasteiger partial charge in [-0.15, -0.1) is 0 Å². The Morgan fingerprint density at radius 3 is 2.28 bits per heavy atom. The van der Waals surface area contributed by atoms with Crippen LogP contribution in [0.15, 0.2) is 24.5 Å². The first kappa shape index (κ1) is 36.8. The fraction of sp³-hybridized carbons (Fsp3) is 0.667. The number of benzene rings is 1. The Bertz CT molecular complexity index is 1240. The molecule has 3 heterocycles. The van der Waals surface area contributed by atoms with Gasteiger partial charge in [0.15, 0.2) is 0 Å². The van der Waals surface area contributed by atoms with Gasteiger partial charge in [0.05, 0.1) is 25.7 Å². The van der Waals surface area contributed by atoms with Crippen LogP contribution in [-0.2, 0) is 17.6 Å². The van der Waals surface area contributed by atoms with Gasteiger partial charge in [-0.05, 0) is 43.6 Å². The summed E-state index contributed by atoms with van der Waals surface area (Å²) in [6.07, 6.45) is 2.87. The first-order valence-electron chi connectivity index (χ1n) is 16.6.